The van der Waals surface area contributed by atoms with Crippen molar-refractivity contribution in [3.8, 4) is 5.75 Å². The minimum absolute atomic E-state index is 0.00493. The van der Waals surface area contributed by atoms with Crippen molar-refractivity contribution in [2.75, 3.05) is 67.0 Å². The number of rotatable bonds is 14. The zero-order valence-electron chi connectivity index (χ0n) is 25.1. The van der Waals surface area contributed by atoms with Crippen LogP contribution in [-0.4, -0.2) is 121 Å². The molecule has 0 radical (unpaired) electrons. The number of ether oxygens (including phenoxy) is 1. The van der Waals surface area contributed by atoms with E-state index in [-0.39, 0.29) is 49.6 Å². The summed E-state index contributed by atoms with van der Waals surface area (Å²) in [5, 5.41) is 10.5. The molecule has 3 aliphatic heterocycles. The molecule has 226 valence electrons. The van der Waals surface area contributed by atoms with E-state index < -0.39 is 17.9 Å². The van der Waals surface area contributed by atoms with E-state index in [9.17, 15) is 24.3 Å². The summed E-state index contributed by atoms with van der Waals surface area (Å²) in [6, 6.07) is 5.43. The number of fused-ring (bicyclic) bond motifs is 1. The van der Waals surface area contributed by atoms with E-state index in [0.717, 1.165) is 53.6 Å². The van der Waals surface area contributed by atoms with Crippen molar-refractivity contribution in [1.29, 1.82) is 0 Å². The van der Waals surface area contributed by atoms with Crippen LogP contribution in [0.1, 0.15) is 62.5 Å². The Labute approximate surface area is 243 Å². The summed E-state index contributed by atoms with van der Waals surface area (Å²) in [7, 11) is 6.42. The van der Waals surface area contributed by atoms with Gasteiger partial charge in [-0.2, -0.15) is 0 Å². The molecule has 1 aromatic carbocycles. The van der Waals surface area contributed by atoms with Crippen LogP contribution < -0.4 is 4.74 Å². The molecule has 1 aromatic rings. The molecule has 1 N–H and O–H groups in total. The first kappa shape index (κ1) is 31.0. The number of quaternary nitrogens is 1. The van der Waals surface area contributed by atoms with Crippen molar-refractivity contribution in [3.63, 3.8) is 0 Å². The van der Waals surface area contributed by atoms with Crippen molar-refractivity contribution >= 4 is 23.7 Å². The minimum atomic E-state index is -0.920. The molecule has 3 atom stereocenters. The van der Waals surface area contributed by atoms with E-state index in [0.29, 0.717) is 32.7 Å². The average molecular weight is 572 g/mol. The maximum Gasteiger partial charge on any atom is 0.308 e. The molecule has 0 aliphatic carbocycles. The number of hydrogen-bond acceptors (Lipinski definition) is 6. The van der Waals surface area contributed by atoms with E-state index in [1.54, 1.807) is 0 Å². The Morgan fingerprint density at radius 1 is 1.07 bits per heavy atom. The molecule has 3 heterocycles. The van der Waals surface area contributed by atoms with Crippen LogP contribution in [-0.2, 0) is 25.6 Å². The normalized spacial score (nSPS) is 22.7. The first-order chi connectivity index (χ1) is 19.5. The Morgan fingerprint density at radius 3 is 2.44 bits per heavy atom. The maximum atomic E-state index is 13.7. The van der Waals surface area contributed by atoms with Gasteiger partial charge in [0.05, 0.1) is 46.8 Å². The third kappa shape index (κ3) is 7.65. The van der Waals surface area contributed by atoms with Gasteiger partial charge in [-0.3, -0.25) is 29.0 Å². The van der Waals surface area contributed by atoms with Gasteiger partial charge >= 0.3 is 5.97 Å². The van der Waals surface area contributed by atoms with Crippen LogP contribution in [0.2, 0.25) is 0 Å². The highest BCUT2D eigenvalue weighted by molar-refractivity contribution is 6.01. The molecule has 41 heavy (non-hydrogen) atoms. The van der Waals surface area contributed by atoms with E-state index in [4.69, 9.17) is 4.74 Å². The molecule has 0 spiro atoms. The SMILES string of the molecule is CCCCN(CCC[N+](C)(C)C)C(=O)CN1CC(c2ccc3c(c2)CCO3)C(C(=O)O)C1CCN1C(=O)CCC1=O. The molecule has 4 rings (SSSR count). The van der Waals surface area contributed by atoms with Crippen LogP contribution >= 0.6 is 0 Å². The highest BCUT2D eigenvalue weighted by Gasteiger charge is 2.47. The zero-order valence-corrected chi connectivity index (χ0v) is 25.1. The number of unbranched alkanes of at least 4 members (excludes halogenated alkanes) is 1. The van der Waals surface area contributed by atoms with Crippen LogP contribution in [0.5, 0.6) is 5.75 Å². The lowest BCUT2D eigenvalue weighted by Crippen LogP contribution is -2.46. The number of likely N-dealkylation sites (tertiary alicyclic amines) is 2. The van der Waals surface area contributed by atoms with Crippen LogP contribution in [0, 0.1) is 5.92 Å². The highest BCUT2D eigenvalue weighted by Crippen LogP contribution is 2.41. The molecule has 3 amide bonds. The molecular weight excluding hydrogens is 524 g/mol. The van der Waals surface area contributed by atoms with Crippen molar-refractivity contribution in [2.24, 2.45) is 5.92 Å². The molecule has 2 saturated heterocycles. The molecule has 3 unspecified atom stereocenters. The van der Waals surface area contributed by atoms with E-state index >= 15 is 0 Å². The van der Waals surface area contributed by atoms with E-state index in [1.165, 1.54) is 4.90 Å². The van der Waals surface area contributed by atoms with Gasteiger partial charge in [-0.15, -0.1) is 0 Å². The quantitative estimate of drug-likeness (QED) is 0.270. The Hall–Kier alpha value is -2.98. The Kier molecular flexibility index (Phi) is 10.1. The molecule has 10 heteroatoms. The highest BCUT2D eigenvalue weighted by atomic mass is 16.5. The second kappa shape index (κ2) is 13.3. The first-order valence-electron chi connectivity index (χ1n) is 15.1. The van der Waals surface area contributed by atoms with Crippen molar-refractivity contribution in [3.05, 3.63) is 29.3 Å². The third-order valence-electron chi connectivity index (χ3n) is 8.71. The number of carbonyl (C=O) groups excluding carboxylic acids is 3. The number of imide groups is 1. The average Bonchev–Trinajstić information content (AvgIpc) is 3.61. The van der Waals surface area contributed by atoms with Crippen LogP contribution in [0.25, 0.3) is 0 Å². The Balaban J connectivity index is 1.57. The lowest BCUT2D eigenvalue weighted by atomic mass is 9.83. The first-order valence-corrected chi connectivity index (χ1v) is 15.1. The fourth-order valence-electron chi connectivity index (χ4n) is 6.48. The lowest BCUT2D eigenvalue weighted by Gasteiger charge is -2.31. The van der Waals surface area contributed by atoms with Crippen molar-refractivity contribution < 1.29 is 33.5 Å². The number of carboxylic acid groups (broad SMARTS) is 1. The fourth-order valence-corrected chi connectivity index (χ4v) is 6.48. The smallest absolute Gasteiger partial charge is 0.308 e. The van der Waals surface area contributed by atoms with Gasteiger partial charge in [0, 0.05) is 63.8 Å². The van der Waals surface area contributed by atoms with E-state index in [1.807, 2.05) is 21.9 Å². The number of nitrogens with zero attached hydrogens (tertiary/aromatic N) is 4. The lowest BCUT2D eigenvalue weighted by molar-refractivity contribution is -0.870. The van der Waals surface area contributed by atoms with E-state index in [2.05, 4.69) is 34.1 Å². The number of carboxylic acids is 1. The predicted molar refractivity (Wildman–Crippen MR) is 154 cm³/mol. The number of amides is 3. The summed E-state index contributed by atoms with van der Waals surface area (Å²) in [4.78, 5) is 56.4. The Bertz CT molecular complexity index is 1120. The third-order valence-corrected chi connectivity index (χ3v) is 8.71. The van der Waals surface area contributed by atoms with Gasteiger partial charge in [0.25, 0.3) is 0 Å². The summed E-state index contributed by atoms with van der Waals surface area (Å²) in [6.07, 6.45) is 4.30. The standard InChI is InChI=1S/C31H46N4O6/c1-5-6-14-32(15-7-17-35(2,3)4)29(38)21-33-20-24(22-8-9-26-23(19-22)13-18-41-26)30(31(39)40)25(33)12-16-34-27(36)10-11-28(34)37/h8-9,19,24-25,30H,5-7,10-18,20-21H2,1-4H3/p+1. The summed E-state index contributed by atoms with van der Waals surface area (Å²) in [5.74, 6) is -1.57. The number of carbonyl (C=O) groups is 4. The summed E-state index contributed by atoms with van der Waals surface area (Å²) in [6.45, 7) is 5.74. The summed E-state index contributed by atoms with van der Waals surface area (Å²) < 4.78 is 6.49. The predicted octanol–water partition coefficient (Wildman–Crippen LogP) is 2.35. The monoisotopic (exact) mass is 571 g/mol. The van der Waals surface area contributed by atoms with Crippen LogP contribution in [0.4, 0.5) is 0 Å². The minimum Gasteiger partial charge on any atom is -0.493 e. The largest absolute Gasteiger partial charge is 0.493 e. The molecule has 0 aromatic heterocycles. The van der Waals surface area contributed by atoms with Crippen molar-refractivity contribution in [2.45, 2.75) is 63.8 Å². The van der Waals surface area contributed by atoms with Gasteiger partial charge in [-0.05, 0) is 30.0 Å². The number of benzene rings is 1. The summed E-state index contributed by atoms with van der Waals surface area (Å²) in [5.41, 5.74) is 2.01. The van der Waals surface area contributed by atoms with Gasteiger partial charge in [0.15, 0.2) is 0 Å². The maximum absolute atomic E-state index is 13.7. The molecule has 10 nitrogen and oxygen atoms in total. The topological polar surface area (TPSA) is 107 Å². The van der Waals surface area contributed by atoms with Gasteiger partial charge in [0.1, 0.15) is 5.75 Å². The second-order valence-electron chi connectivity index (χ2n) is 12.8. The molecular formula is C31H47N4O6+. The number of aliphatic carboxylic acids is 1. The van der Waals surface area contributed by atoms with Gasteiger partial charge in [-0.25, -0.2) is 0 Å². The Morgan fingerprint density at radius 2 is 1.78 bits per heavy atom. The van der Waals surface area contributed by atoms with Gasteiger partial charge in [0.2, 0.25) is 17.7 Å². The van der Waals surface area contributed by atoms with Crippen molar-refractivity contribution in [1.82, 2.24) is 14.7 Å². The van der Waals surface area contributed by atoms with Crippen LogP contribution in [0.3, 0.4) is 0 Å². The molecule has 0 bridgehead atoms. The molecule has 0 saturated carbocycles. The molecule has 3 aliphatic rings. The molecule has 2 fully saturated rings. The van der Waals surface area contributed by atoms with Gasteiger partial charge < -0.3 is 19.2 Å². The zero-order chi connectivity index (χ0) is 29.7. The number of hydrogen-bond donors (Lipinski definition) is 1. The summed E-state index contributed by atoms with van der Waals surface area (Å²) >= 11 is 0. The second-order valence-corrected chi connectivity index (χ2v) is 12.8. The van der Waals surface area contributed by atoms with Crippen LogP contribution in [0.15, 0.2) is 18.2 Å². The fraction of sp³-hybridized carbons (Fsp3) is 0.677. The van der Waals surface area contributed by atoms with Gasteiger partial charge in [-0.1, -0.05) is 25.5 Å².